The van der Waals surface area contributed by atoms with Gasteiger partial charge in [0.15, 0.2) is 23.0 Å². The Morgan fingerprint density at radius 1 is 0.938 bits per heavy atom. The van der Waals surface area contributed by atoms with Crippen LogP contribution in [0.4, 0.5) is 4.39 Å². The number of hydrogen-bond donors (Lipinski definition) is 0. The molecule has 0 aliphatic rings. The number of rotatable bonds is 8. The lowest BCUT2D eigenvalue weighted by atomic mass is 10.0. The second-order valence-corrected chi connectivity index (χ2v) is 7.85. The molecule has 3 rings (SSSR count). The molecule has 0 unspecified atom stereocenters. The van der Waals surface area contributed by atoms with Crippen LogP contribution >= 0.6 is 22.6 Å². The van der Waals surface area contributed by atoms with Crippen molar-refractivity contribution in [3.63, 3.8) is 0 Å². The van der Waals surface area contributed by atoms with Gasteiger partial charge in [-0.3, -0.25) is 0 Å². The van der Waals surface area contributed by atoms with E-state index in [1.165, 1.54) is 12.1 Å². The second-order valence-electron chi connectivity index (χ2n) is 6.69. The summed E-state index contributed by atoms with van der Waals surface area (Å²) in [4.78, 5) is 0. The van der Waals surface area contributed by atoms with E-state index in [0.29, 0.717) is 34.1 Å². The van der Waals surface area contributed by atoms with Crippen molar-refractivity contribution in [3.8, 4) is 29.1 Å². The number of allylic oxidation sites excluding steroid dienone is 1. The fourth-order valence-corrected chi connectivity index (χ4v) is 3.83. The topological polar surface area (TPSA) is 60.7 Å². The molecule has 5 nitrogen and oxygen atoms in total. The Morgan fingerprint density at radius 2 is 1.62 bits per heavy atom. The van der Waals surface area contributed by atoms with Crippen molar-refractivity contribution in [2.45, 2.75) is 6.61 Å². The minimum Gasteiger partial charge on any atom is -0.493 e. The first-order chi connectivity index (χ1) is 15.5. The molecule has 0 fully saturated rings. The van der Waals surface area contributed by atoms with Gasteiger partial charge in [0.25, 0.3) is 0 Å². The molecule has 32 heavy (non-hydrogen) atoms. The van der Waals surface area contributed by atoms with Crippen molar-refractivity contribution in [2.24, 2.45) is 0 Å². The fraction of sp³-hybridized carbons (Fsp3) is 0.160. The number of halogens is 2. The van der Waals surface area contributed by atoms with Crippen molar-refractivity contribution < 1.29 is 23.3 Å². The molecule has 0 spiro atoms. The highest BCUT2D eigenvalue weighted by Gasteiger charge is 2.13. The molecule has 0 saturated heterocycles. The van der Waals surface area contributed by atoms with Crippen LogP contribution in [0.1, 0.15) is 16.7 Å². The van der Waals surface area contributed by atoms with Gasteiger partial charge in [0.05, 0.1) is 36.5 Å². The normalized spacial score (nSPS) is 10.9. The monoisotopic (exact) mass is 545 g/mol. The highest BCUT2D eigenvalue weighted by molar-refractivity contribution is 14.1. The smallest absolute Gasteiger partial charge is 0.174 e. The maximum Gasteiger partial charge on any atom is 0.174 e. The van der Waals surface area contributed by atoms with Gasteiger partial charge in [-0.15, -0.1) is 0 Å². The standard InChI is InChI=1S/C25H21FINO4/c1-29-22-9-6-18(13-23(22)30-2)19(14-28)10-17-11-21(27)25(24(12-17)31-3)32-15-16-4-7-20(26)8-5-16/h4-13H,15H2,1-3H3/b19-10+. The number of nitrogens with zero attached hydrogens (tertiary/aromatic N) is 1. The highest BCUT2D eigenvalue weighted by atomic mass is 127. The maximum atomic E-state index is 13.1. The van der Waals surface area contributed by atoms with E-state index in [1.54, 1.807) is 63.8 Å². The van der Waals surface area contributed by atoms with E-state index in [-0.39, 0.29) is 12.4 Å². The fourth-order valence-electron chi connectivity index (χ4n) is 3.05. The van der Waals surface area contributed by atoms with Crippen LogP contribution in [0, 0.1) is 20.7 Å². The summed E-state index contributed by atoms with van der Waals surface area (Å²) in [5.74, 6) is 1.96. The van der Waals surface area contributed by atoms with Gasteiger partial charge < -0.3 is 18.9 Å². The first kappa shape index (κ1) is 23.4. The van der Waals surface area contributed by atoms with Crippen molar-refractivity contribution in [1.82, 2.24) is 0 Å². The van der Waals surface area contributed by atoms with Gasteiger partial charge in [0, 0.05) is 0 Å². The van der Waals surface area contributed by atoms with Gasteiger partial charge in [-0.1, -0.05) is 12.1 Å². The zero-order valence-electron chi connectivity index (χ0n) is 17.8. The van der Waals surface area contributed by atoms with E-state index in [0.717, 1.165) is 14.7 Å². The second kappa shape index (κ2) is 10.9. The number of ether oxygens (including phenoxy) is 4. The summed E-state index contributed by atoms with van der Waals surface area (Å²) in [7, 11) is 4.67. The molecule has 3 aromatic carbocycles. The Kier molecular flexibility index (Phi) is 7.95. The Labute approximate surface area is 200 Å². The third kappa shape index (κ3) is 5.51. The van der Waals surface area contributed by atoms with Gasteiger partial charge >= 0.3 is 0 Å². The van der Waals surface area contributed by atoms with Crippen LogP contribution in [-0.2, 0) is 6.61 Å². The summed E-state index contributed by atoms with van der Waals surface area (Å²) in [6, 6.07) is 17.4. The summed E-state index contributed by atoms with van der Waals surface area (Å²) < 4.78 is 36.0. The molecule has 3 aromatic rings. The molecular weight excluding hydrogens is 524 g/mol. The van der Waals surface area contributed by atoms with E-state index >= 15 is 0 Å². The summed E-state index contributed by atoms with van der Waals surface area (Å²) in [6.07, 6.45) is 1.77. The van der Waals surface area contributed by atoms with Gasteiger partial charge in [0.2, 0.25) is 0 Å². The quantitative estimate of drug-likeness (QED) is 0.195. The molecule has 0 saturated carbocycles. The molecule has 0 aliphatic carbocycles. The third-order valence-electron chi connectivity index (χ3n) is 4.67. The lowest BCUT2D eigenvalue weighted by Gasteiger charge is -2.14. The third-order valence-corrected chi connectivity index (χ3v) is 5.48. The first-order valence-electron chi connectivity index (χ1n) is 9.58. The molecule has 164 valence electrons. The molecule has 0 N–H and O–H groups in total. The van der Waals surface area contributed by atoms with E-state index in [1.807, 2.05) is 6.07 Å². The molecule has 7 heteroatoms. The Morgan fingerprint density at radius 3 is 2.25 bits per heavy atom. The van der Waals surface area contributed by atoms with Crippen LogP contribution in [0.2, 0.25) is 0 Å². The Hall–Kier alpha value is -3.25. The average Bonchev–Trinajstić information content (AvgIpc) is 2.82. The number of nitriles is 1. The molecule has 0 amide bonds. The Bertz CT molecular complexity index is 1170. The summed E-state index contributed by atoms with van der Waals surface area (Å²) in [6.45, 7) is 0.275. The highest BCUT2D eigenvalue weighted by Crippen LogP contribution is 2.36. The molecule has 0 aliphatic heterocycles. The molecule has 0 heterocycles. The molecule has 0 bridgehead atoms. The van der Waals surface area contributed by atoms with Crippen LogP contribution in [0.3, 0.4) is 0 Å². The predicted molar refractivity (Wildman–Crippen MR) is 129 cm³/mol. The van der Waals surface area contributed by atoms with Gasteiger partial charge in [-0.2, -0.15) is 5.26 Å². The van der Waals surface area contributed by atoms with Crippen LogP contribution < -0.4 is 18.9 Å². The molecular formula is C25H21FINO4. The average molecular weight is 545 g/mol. The lowest BCUT2D eigenvalue weighted by Crippen LogP contribution is -2.00. The van der Waals surface area contributed by atoms with Crippen LogP contribution in [-0.4, -0.2) is 21.3 Å². The largest absolute Gasteiger partial charge is 0.493 e. The van der Waals surface area contributed by atoms with E-state index in [2.05, 4.69) is 28.7 Å². The van der Waals surface area contributed by atoms with Gasteiger partial charge in [0.1, 0.15) is 12.4 Å². The van der Waals surface area contributed by atoms with Crippen molar-refractivity contribution in [2.75, 3.05) is 21.3 Å². The first-order valence-corrected chi connectivity index (χ1v) is 10.7. The van der Waals surface area contributed by atoms with Crippen molar-refractivity contribution in [3.05, 3.63) is 80.7 Å². The van der Waals surface area contributed by atoms with Crippen LogP contribution in [0.25, 0.3) is 11.6 Å². The maximum absolute atomic E-state index is 13.1. The summed E-state index contributed by atoms with van der Waals surface area (Å²) in [5, 5.41) is 9.74. The van der Waals surface area contributed by atoms with E-state index in [9.17, 15) is 9.65 Å². The number of methoxy groups -OCH3 is 3. The van der Waals surface area contributed by atoms with Crippen LogP contribution in [0.5, 0.6) is 23.0 Å². The van der Waals surface area contributed by atoms with Crippen molar-refractivity contribution >= 4 is 34.2 Å². The SMILES string of the molecule is COc1ccc(/C(C#N)=C/c2cc(I)c(OCc3ccc(F)cc3)c(OC)c2)cc1OC. The number of benzene rings is 3. The zero-order valence-corrected chi connectivity index (χ0v) is 20.0. The molecule has 0 aromatic heterocycles. The predicted octanol–water partition coefficient (Wildman–Crippen LogP) is 6.10. The minimum atomic E-state index is -0.292. The molecule has 0 atom stereocenters. The van der Waals surface area contributed by atoms with E-state index in [4.69, 9.17) is 18.9 Å². The summed E-state index contributed by atoms with van der Waals surface area (Å²) in [5.41, 5.74) is 2.79. The van der Waals surface area contributed by atoms with Crippen molar-refractivity contribution in [1.29, 1.82) is 5.26 Å². The lowest BCUT2D eigenvalue weighted by molar-refractivity contribution is 0.282. The molecule has 0 radical (unpaired) electrons. The Balaban J connectivity index is 1.90. The number of hydrogen-bond acceptors (Lipinski definition) is 5. The van der Waals surface area contributed by atoms with Gasteiger partial charge in [-0.25, -0.2) is 4.39 Å². The minimum absolute atomic E-state index is 0.275. The van der Waals surface area contributed by atoms with Crippen LogP contribution in [0.15, 0.2) is 54.6 Å². The summed E-state index contributed by atoms with van der Waals surface area (Å²) >= 11 is 2.16. The van der Waals surface area contributed by atoms with E-state index < -0.39 is 0 Å². The van der Waals surface area contributed by atoms with Gasteiger partial charge in [-0.05, 0) is 87.8 Å². The zero-order chi connectivity index (χ0) is 23.1.